The maximum absolute atomic E-state index is 11.9. The summed E-state index contributed by atoms with van der Waals surface area (Å²) in [6.45, 7) is 2.09. The molecule has 20 heavy (non-hydrogen) atoms. The van der Waals surface area contributed by atoms with Crippen LogP contribution in [0.5, 0.6) is 0 Å². The first-order valence-electron chi connectivity index (χ1n) is 6.24. The highest BCUT2D eigenvalue weighted by atomic mass is 35.5. The maximum atomic E-state index is 11.9. The van der Waals surface area contributed by atoms with Gasteiger partial charge in [-0.25, -0.2) is 4.98 Å². The number of hydrogen-bond donors (Lipinski definition) is 1. The van der Waals surface area contributed by atoms with Crippen LogP contribution in [0.25, 0.3) is 0 Å². The Labute approximate surface area is 124 Å². The van der Waals surface area contributed by atoms with Crippen molar-refractivity contribution in [2.45, 2.75) is 12.8 Å². The van der Waals surface area contributed by atoms with Gasteiger partial charge in [-0.05, 0) is 36.6 Å². The van der Waals surface area contributed by atoms with Crippen LogP contribution in [0.3, 0.4) is 0 Å². The molecule has 1 aliphatic heterocycles. The quantitative estimate of drug-likeness (QED) is 0.943. The Morgan fingerprint density at radius 2 is 2.10 bits per heavy atom. The van der Waals surface area contributed by atoms with E-state index in [1.54, 1.807) is 6.20 Å². The number of carbonyl (C=O) groups is 1. The van der Waals surface area contributed by atoms with E-state index >= 15 is 0 Å². The second-order valence-electron chi connectivity index (χ2n) is 4.41. The highest BCUT2D eigenvalue weighted by molar-refractivity contribution is 7.17. The molecule has 0 spiro atoms. The third-order valence-electron chi connectivity index (χ3n) is 3.03. The summed E-state index contributed by atoms with van der Waals surface area (Å²) in [4.78, 5) is 18.5. The molecule has 0 aromatic carbocycles. The topological polar surface area (TPSA) is 71.0 Å². The number of rotatable bonds is 3. The van der Waals surface area contributed by atoms with Crippen molar-refractivity contribution in [3.8, 4) is 0 Å². The molecule has 8 heteroatoms. The van der Waals surface area contributed by atoms with Gasteiger partial charge in [-0.3, -0.25) is 4.79 Å². The molecule has 3 rings (SSSR count). The molecule has 1 N–H and O–H groups in total. The fourth-order valence-corrected chi connectivity index (χ4v) is 2.80. The van der Waals surface area contributed by atoms with Crippen molar-refractivity contribution in [1.29, 1.82) is 0 Å². The molecule has 0 bridgehead atoms. The third kappa shape index (κ3) is 2.88. The first kappa shape index (κ1) is 13.3. The molecule has 1 fully saturated rings. The normalized spacial score (nSPS) is 14.6. The summed E-state index contributed by atoms with van der Waals surface area (Å²) in [6, 6.07) is 3.75. The number of nitrogens with zero attached hydrogens (tertiary/aromatic N) is 4. The minimum absolute atomic E-state index is 0.235. The lowest BCUT2D eigenvalue weighted by Crippen LogP contribution is -2.19. The van der Waals surface area contributed by atoms with Crippen molar-refractivity contribution in [3.05, 3.63) is 27.8 Å². The van der Waals surface area contributed by atoms with Gasteiger partial charge in [0.2, 0.25) is 9.47 Å². The molecule has 1 aliphatic rings. The predicted molar refractivity (Wildman–Crippen MR) is 78.6 cm³/mol. The second-order valence-corrected chi connectivity index (χ2v) is 5.97. The highest BCUT2D eigenvalue weighted by Gasteiger charge is 2.15. The van der Waals surface area contributed by atoms with Gasteiger partial charge in [-0.15, -0.1) is 10.2 Å². The largest absolute Gasteiger partial charge is 0.357 e. The summed E-state index contributed by atoms with van der Waals surface area (Å²) < 4.78 is 0.248. The molecule has 1 amide bonds. The van der Waals surface area contributed by atoms with Gasteiger partial charge < -0.3 is 10.2 Å². The van der Waals surface area contributed by atoms with Gasteiger partial charge in [0.15, 0.2) is 0 Å². The second kappa shape index (κ2) is 5.72. The number of halogens is 1. The van der Waals surface area contributed by atoms with Crippen molar-refractivity contribution in [3.63, 3.8) is 0 Å². The van der Waals surface area contributed by atoms with Crippen LogP contribution in [0, 0.1) is 0 Å². The molecule has 3 heterocycles. The van der Waals surface area contributed by atoms with Gasteiger partial charge in [0, 0.05) is 13.1 Å². The lowest BCUT2D eigenvalue weighted by Gasteiger charge is -2.16. The van der Waals surface area contributed by atoms with E-state index in [4.69, 9.17) is 11.6 Å². The monoisotopic (exact) mass is 309 g/mol. The number of carbonyl (C=O) groups excluding carboxylic acids is 1. The van der Waals surface area contributed by atoms with Crippen molar-refractivity contribution in [1.82, 2.24) is 15.2 Å². The maximum Gasteiger partial charge on any atom is 0.286 e. The van der Waals surface area contributed by atoms with Gasteiger partial charge in [0.05, 0.1) is 11.9 Å². The van der Waals surface area contributed by atoms with E-state index in [0.717, 1.165) is 30.2 Å². The molecule has 0 radical (unpaired) electrons. The Morgan fingerprint density at radius 1 is 1.30 bits per heavy atom. The van der Waals surface area contributed by atoms with Gasteiger partial charge in [0.1, 0.15) is 5.82 Å². The zero-order valence-corrected chi connectivity index (χ0v) is 12.1. The fourth-order valence-electron chi connectivity index (χ4n) is 2.07. The molecule has 2 aromatic rings. The third-order valence-corrected chi connectivity index (χ3v) is 4.05. The molecule has 0 aliphatic carbocycles. The molecular formula is C12H12ClN5OS. The summed E-state index contributed by atoms with van der Waals surface area (Å²) in [5.74, 6) is 0.615. The summed E-state index contributed by atoms with van der Waals surface area (Å²) in [5.41, 5.74) is 0.629. The molecule has 0 unspecified atom stereocenters. The molecule has 2 aromatic heterocycles. The van der Waals surface area contributed by atoms with E-state index in [1.807, 2.05) is 12.1 Å². The average Bonchev–Trinajstić information content (AvgIpc) is 3.10. The van der Waals surface area contributed by atoms with Crippen molar-refractivity contribution >= 4 is 40.4 Å². The smallest absolute Gasteiger partial charge is 0.286 e. The Morgan fingerprint density at radius 3 is 2.70 bits per heavy atom. The van der Waals surface area contributed by atoms with Crippen molar-refractivity contribution in [2.24, 2.45) is 0 Å². The Balaban J connectivity index is 1.67. The fraction of sp³-hybridized carbons (Fsp3) is 0.333. The Bertz CT molecular complexity index is 609. The van der Waals surface area contributed by atoms with Crippen molar-refractivity contribution < 1.29 is 4.79 Å². The summed E-state index contributed by atoms with van der Waals surface area (Å²) in [7, 11) is 0. The lowest BCUT2D eigenvalue weighted by atomic mass is 10.4. The number of nitrogens with one attached hydrogen (secondary N) is 1. The van der Waals surface area contributed by atoms with Gasteiger partial charge in [0.25, 0.3) is 5.91 Å². The van der Waals surface area contributed by atoms with Crippen LogP contribution in [0.4, 0.5) is 11.5 Å². The Hall–Kier alpha value is -1.73. The SMILES string of the molecule is O=C(Nc1ccc(N2CCCC2)nc1)c1nnc(Cl)s1. The van der Waals surface area contributed by atoms with Crippen LogP contribution in [-0.2, 0) is 0 Å². The number of hydrogen-bond acceptors (Lipinski definition) is 6. The summed E-state index contributed by atoms with van der Waals surface area (Å²) in [6.07, 6.45) is 4.06. The highest BCUT2D eigenvalue weighted by Crippen LogP contribution is 2.20. The van der Waals surface area contributed by atoms with Crippen LogP contribution < -0.4 is 10.2 Å². The van der Waals surface area contributed by atoms with Crippen LogP contribution >= 0.6 is 22.9 Å². The average molecular weight is 310 g/mol. The van der Waals surface area contributed by atoms with Crippen LogP contribution in [0.2, 0.25) is 4.47 Å². The van der Waals surface area contributed by atoms with Crippen LogP contribution in [0.15, 0.2) is 18.3 Å². The van der Waals surface area contributed by atoms with Gasteiger partial charge in [-0.1, -0.05) is 11.3 Å². The molecule has 0 saturated carbocycles. The van der Waals surface area contributed by atoms with Crippen LogP contribution in [-0.4, -0.2) is 34.2 Å². The molecular weight excluding hydrogens is 298 g/mol. The van der Waals surface area contributed by atoms with Crippen molar-refractivity contribution in [2.75, 3.05) is 23.3 Å². The number of pyridine rings is 1. The standard InChI is InChI=1S/C12H12ClN5OS/c13-12-17-16-11(20-12)10(19)15-8-3-4-9(14-7-8)18-5-1-2-6-18/h3-4,7H,1-2,5-6H2,(H,15,19). The number of amides is 1. The Kier molecular flexibility index (Phi) is 3.79. The number of aromatic nitrogens is 3. The predicted octanol–water partition coefficient (Wildman–Crippen LogP) is 2.44. The minimum atomic E-state index is -0.329. The zero-order chi connectivity index (χ0) is 13.9. The summed E-state index contributed by atoms with van der Waals surface area (Å²) in [5, 5.41) is 10.2. The van der Waals surface area contributed by atoms with E-state index in [1.165, 1.54) is 12.8 Å². The molecule has 1 saturated heterocycles. The van der Waals surface area contributed by atoms with Gasteiger partial charge in [-0.2, -0.15) is 0 Å². The van der Waals surface area contributed by atoms with E-state index in [-0.39, 0.29) is 15.4 Å². The van der Waals surface area contributed by atoms with E-state index in [9.17, 15) is 4.79 Å². The molecule has 6 nitrogen and oxygen atoms in total. The first-order chi connectivity index (χ1) is 9.72. The van der Waals surface area contributed by atoms with Crippen LogP contribution in [0.1, 0.15) is 22.6 Å². The first-order valence-corrected chi connectivity index (χ1v) is 7.43. The number of anilines is 2. The van der Waals surface area contributed by atoms with Gasteiger partial charge >= 0.3 is 0 Å². The van der Waals surface area contributed by atoms with E-state index in [0.29, 0.717) is 5.69 Å². The van der Waals surface area contributed by atoms with E-state index in [2.05, 4.69) is 25.4 Å². The van der Waals surface area contributed by atoms with E-state index < -0.39 is 0 Å². The minimum Gasteiger partial charge on any atom is -0.357 e. The summed E-state index contributed by atoms with van der Waals surface area (Å²) >= 11 is 6.69. The molecule has 104 valence electrons. The molecule has 0 atom stereocenters. The lowest BCUT2D eigenvalue weighted by molar-refractivity contribution is 0.102. The zero-order valence-electron chi connectivity index (χ0n) is 10.5.